The molecule has 0 radical (unpaired) electrons. The highest BCUT2D eigenvalue weighted by atomic mass is 14.5. The number of rotatable bonds is 0. The summed E-state index contributed by atoms with van der Waals surface area (Å²) in [7, 11) is 0. The quantitative estimate of drug-likeness (QED) is 0.599. The fourth-order valence-corrected chi connectivity index (χ4v) is 2.05. The minimum atomic E-state index is 0.565. The molecule has 68 valence electrons. The highest BCUT2D eigenvalue weighted by Crippen LogP contribution is 2.41. The van der Waals surface area contributed by atoms with Gasteiger partial charge in [-0.25, -0.2) is 0 Å². The van der Waals surface area contributed by atoms with Gasteiger partial charge in [0.05, 0.1) is 0 Å². The van der Waals surface area contributed by atoms with E-state index in [0.29, 0.717) is 5.92 Å². The van der Waals surface area contributed by atoms with E-state index in [2.05, 4.69) is 32.9 Å². The zero-order chi connectivity index (χ0) is 9.59. The first-order chi connectivity index (χ1) is 6.11. The van der Waals surface area contributed by atoms with Gasteiger partial charge >= 0.3 is 0 Å². The largest absolute Gasteiger partial charge is 0.399 e. The Balaban J connectivity index is 2.65. The summed E-state index contributed by atoms with van der Waals surface area (Å²) >= 11 is 0. The molecule has 0 fully saturated rings. The summed E-state index contributed by atoms with van der Waals surface area (Å²) in [6.07, 6.45) is 0. The van der Waals surface area contributed by atoms with E-state index in [0.717, 1.165) is 5.69 Å². The molecule has 1 heteroatoms. The maximum Gasteiger partial charge on any atom is 0.0320 e. The Kier molecular flexibility index (Phi) is 1.69. The number of nitrogens with two attached hydrogens (primary N) is 1. The smallest absolute Gasteiger partial charge is 0.0320 e. The lowest BCUT2D eigenvalue weighted by Gasteiger charge is -2.06. The maximum absolute atomic E-state index is 5.76. The number of benzene rings is 1. The first-order valence-corrected chi connectivity index (χ1v) is 4.68. The molecule has 1 aromatic rings. The number of anilines is 1. The van der Waals surface area contributed by atoms with Crippen molar-refractivity contribution in [2.45, 2.75) is 26.7 Å². The Morgan fingerprint density at radius 3 is 2.62 bits per heavy atom. The van der Waals surface area contributed by atoms with Gasteiger partial charge in [0, 0.05) is 11.6 Å². The minimum absolute atomic E-state index is 0.565. The lowest BCUT2D eigenvalue weighted by Crippen LogP contribution is -1.92. The summed E-state index contributed by atoms with van der Waals surface area (Å²) in [5, 5.41) is 0. The molecule has 1 nitrogen and oxygen atoms in total. The molecule has 1 aromatic carbocycles. The van der Waals surface area contributed by atoms with Crippen LogP contribution in [0.2, 0.25) is 0 Å². The van der Waals surface area contributed by atoms with Gasteiger partial charge in [0.25, 0.3) is 0 Å². The van der Waals surface area contributed by atoms with Crippen molar-refractivity contribution >= 4 is 11.3 Å². The third kappa shape index (κ3) is 1.07. The summed E-state index contributed by atoms with van der Waals surface area (Å²) in [6, 6.07) is 6.22. The number of nitrogen functional groups attached to an aromatic ring is 1. The average molecular weight is 173 g/mol. The van der Waals surface area contributed by atoms with E-state index >= 15 is 0 Å². The summed E-state index contributed by atoms with van der Waals surface area (Å²) in [5.41, 5.74) is 12.3. The molecule has 0 spiro atoms. The van der Waals surface area contributed by atoms with E-state index in [-0.39, 0.29) is 0 Å². The maximum atomic E-state index is 5.76. The summed E-state index contributed by atoms with van der Waals surface area (Å²) in [6.45, 7) is 6.63. The third-order valence-electron chi connectivity index (χ3n) is 3.19. The van der Waals surface area contributed by atoms with Crippen LogP contribution >= 0.6 is 0 Å². The Hall–Kier alpha value is -1.24. The zero-order valence-corrected chi connectivity index (χ0v) is 8.39. The second-order valence-electron chi connectivity index (χ2n) is 3.88. The van der Waals surface area contributed by atoms with E-state index in [1.165, 1.54) is 22.3 Å². The average Bonchev–Trinajstić information content (AvgIpc) is 2.32. The highest BCUT2D eigenvalue weighted by molar-refractivity contribution is 5.78. The Morgan fingerprint density at radius 2 is 1.92 bits per heavy atom. The van der Waals surface area contributed by atoms with Gasteiger partial charge in [-0.3, -0.25) is 0 Å². The van der Waals surface area contributed by atoms with E-state index in [9.17, 15) is 0 Å². The van der Waals surface area contributed by atoms with Gasteiger partial charge in [0.1, 0.15) is 0 Å². The highest BCUT2D eigenvalue weighted by Gasteiger charge is 2.22. The molecule has 0 aromatic heterocycles. The molecule has 0 aliphatic heterocycles. The molecule has 0 amide bonds. The van der Waals surface area contributed by atoms with Gasteiger partial charge in [-0.1, -0.05) is 18.6 Å². The molecular formula is C12H15N. The van der Waals surface area contributed by atoms with Crippen LogP contribution in [0, 0.1) is 0 Å². The van der Waals surface area contributed by atoms with Crippen LogP contribution in [0.5, 0.6) is 0 Å². The number of fused-ring (bicyclic) bond motifs is 1. The van der Waals surface area contributed by atoms with Crippen LogP contribution in [0.3, 0.4) is 0 Å². The van der Waals surface area contributed by atoms with Gasteiger partial charge in [-0.05, 0) is 42.7 Å². The molecule has 1 atom stereocenters. The van der Waals surface area contributed by atoms with Crippen molar-refractivity contribution in [3.05, 3.63) is 34.9 Å². The molecule has 1 aliphatic carbocycles. The fraction of sp³-hybridized carbons (Fsp3) is 0.333. The molecule has 2 rings (SSSR count). The van der Waals surface area contributed by atoms with E-state index in [4.69, 9.17) is 5.73 Å². The van der Waals surface area contributed by atoms with E-state index in [1.54, 1.807) is 0 Å². The molecule has 1 unspecified atom stereocenters. The SMILES string of the molecule is CC1=C(C)C(C)c2ccc(N)cc21. The van der Waals surface area contributed by atoms with Crippen LogP contribution in [0.1, 0.15) is 37.8 Å². The monoisotopic (exact) mass is 173 g/mol. The number of hydrogen-bond donors (Lipinski definition) is 1. The van der Waals surface area contributed by atoms with Crippen LogP contribution in [0.15, 0.2) is 23.8 Å². The Morgan fingerprint density at radius 1 is 1.23 bits per heavy atom. The van der Waals surface area contributed by atoms with Gasteiger partial charge in [0.2, 0.25) is 0 Å². The van der Waals surface area contributed by atoms with Gasteiger partial charge < -0.3 is 5.73 Å². The van der Waals surface area contributed by atoms with Gasteiger partial charge in [-0.15, -0.1) is 0 Å². The van der Waals surface area contributed by atoms with Gasteiger partial charge in [-0.2, -0.15) is 0 Å². The molecule has 0 bridgehead atoms. The van der Waals surface area contributed by atoms with Crippen molar-refractivity contribution in [3.63, 3.8) is 0 Å². The molecular weight excluding hydrogens is 158 g/mol. The van der Waals surface area contributed by atoms with Gasteiger partial charge in [0.15, 0.2) is 0 Å². The molecule has 2 N–H and O–H groups in total. The zero-order valence-electron chi connectivity index (χ0n) is 8.39. The van der Waals surface area contributed by atoms with Crippen molar-refractivity contribution in [1.82, 2.24) is 0 Å². The van der Waals surface area contributed by atoms with Crippen LogP contribution < -0.4 is 5.73 Å². The molecule has 0 saturated heterocycles. The van der Waals surface area contributed by atoms with Crippen molar-refractivity contribution in [3.8, 4) is 0 Å². The summed E-state index contributed by atoms with van der Waals surface area (Å²) in [4.78, 5) is 0. The van der Waals surface area contributed by atoms with Crippen molar-refractivity contribution in [2.24, 2.45) is 0 Å². The normalized spacial score (nSPS) is 20.7. The predicted molar refractivity (Wildman–Crippen MR) is 57.5 cm³/mol. The molecule has 0 saturated carbocycles. The third-order valence-corrected chi connectivity index (χ3v) is 3.19. The minimum Gasteiger partial charge on any atom is -0.399 e. The fourth-order valence-electron chi connectivity index (χ4n) is 2.05. The topological polar surface area (TPSA) is 26.0 Å². The summed E-state index contributed by atoms with van der Waals surface area (Å²) in [5.74, 6) is 0.565. The number of hydrogen-bond acceptors (Lipinski definition) is 1. The summed E-state index contributed by atoms with van der Waals surface area (Å²) < 4.78 is 0. The second-order valence-corrected chi connectivity index (χ2v) is 3.88. The van der Waals surface area contributed by atoms with Crippen LogP contribution in [-0.2, 0) is 0 Å². The Labute approximate surface area is 79.3 Å². The Bertz CT molecular complexity index is 388. The van der Waals surface area contributed by atoms with E-state index < -0.39 is 0 Å². The lowest BCUT2D eigenvalue weighted by molar-refractivity contribution is 0.920. The predicted octanol–water partition coefficient (Wildman–Crippen LogP) is 3.18. The standard InChI is InChI=1S/C12H15N/c1-7-8(2)11-5-4-10(13)6-12(11)9(7)3/h4-6,8H,13H2,1-3H3. The second kappa shape index (κ2) is 2.63. The van der Waals surface area contributed by atoms with Crippen LogP contribution in [0.25, 0.3) is 5.57 Å². The van der Waals surface area contributed by atoms with E-state index in [1.807, 2.05) is 6.07 Å². The molecule has 13 heavy (non-hydrogen) atoms. The van der Waals surface area contributed by atoms with Crippen LogP contribution in [-0.4, -0.2) is 0 Å². The molecule has 0 heterocycles. The van der Waals surface area contributed by atoms with Crippen molar-refractivity contribution in [1.29, 1.82) is 0 Å². The first kappa shape index (κ1) is 8.36. The first-order valence-electron chi connectivity index (χ1n) is 4.68. The molecule has 1 aliphatic rings. The van der Waals surface area contributed by atoms with Crippen molar-refractivity contribution in [2.75, 3.05) is 5.73 Å². The van der Waals surface area contributed by atoms with Crippen molar-refractivity contribution < 1.29 is 0 Å². The lowest BCUT2D eigenvalue weighted by atomic mass is 9.99. The van der Waals surface area contributed by atoms with Crippen LogP contribution in [0.4, 0.5) is 5.69 Å². The number of allylic oxidation sites excluding steroid dienone is 2.